The highest BCUT2D eigenvalue weighted by molar-refractivity contribution is 7.91. The molecule has 118 valence electrons. The molecule has 0 heterocycles. The number of sulfone groups is 1. The van der Waals surface area contributed by atoms with E-state index in [-0.39, 0.29) is 23.0 Å². The minimum absolute atomic E-state index is 0.0742. The first kappa shape index (κ1) is 17.7. The van der Waals surface area contributed by atoms with E-state index in [4.69, 9.17) is 0 Å². The van der Waals surface area contributed by atoms with Gasteiger partial charge < -0.3 is 9.84 Å². The predicted molar refractivity (Wildman–Crippen MR) is 79.6 cm³/mol. The van der Waals surface area contributed by atoms with E-state index >= 15 is 0 Å². The van der Waals surface area contributed by atoms with Crippen LogP contribution >= 0.6 is 0 Å². The summed E-state index contributed by atoms with van der Waals surface area (Å²) >= 11 is 0. The molecule has 1 aromatic carbocycles. The molecule has 0 saturated heterocycles. The van der Waals surface area contributed by atoms with Crippen molar-refractivity contribution >= 4 is 15.8 Å². The third kappa shape index (κ3) is 6.73. The van der Waals surface area contributed by atoms with Gasteiger partial charge in [-0.05, 0) is 31.4 Å². The zero-order chi connectivity index (χ0) is 15.7. The van der Waals surface area contributed by atoms with Gasteiger partial charge in [-0.1, -0.05) is 24.6 Å². The van der Waals surface area contributed by atoms with Gasteiger partial charge in [-0.2, -0.15) is 0 Å². The van der Waals surface area contributed by atoms with Crippen LogP contribution in [0.15, 0.2) is 35.2 Å². The molecule has 0 bridgehead atoms. The number of carbonyl (C=O) groups is 1. The lowest BCUT2D eigenvalue weighted by molar-refractivity contribution is -0.140. The summed E-state index contributed by atoms with van der Waals surface area (Å²) in [6, 6.07) is 8.22. The largest absolute Gasteiger partial charge is 0.469 e. The van der Waals surface area contributed by atoms with Gasteiger partial charge >= 0.3 is 5.97 Å². The molecule has 21 heavy (non-hydrogen) atoms. The fourth-order valence-electron chi connectivity index (χ4n) is 1.93. The molecule has 0 aromatic heterocycles. The van der Waals surface area contributed by atoms with Crippen LogP contribution in [0.25, 0.3) is 0 Å². The van der Waals surface area contributed by atoms with E-state index < -0.39 is 15.9 Å². The maximum absolute atomic E-state index is 12.0. The van der Waals surface area contributed by atoms with Crippen LogP contribution in [0.2, 0.25) is 0 Å². The molecule has 0 aliphatic heterocycles. The highest BCUT2D eigenvalue weighted by atomic mass is 32.2. The highest BCUT2D eigenvalue weighted by Crippen LogP contribution is 2.14. The third-order valence-electron chi connectivity index (χ3n) is 3.22. The summed E-state index contributed by atoms with van der Waals surface area (Å²) in [6.45, 7) is 0. The molecule has 1 N–H and O–H groups in total. The van der Waals surface area contributed by atoms with Gasteiger partial charge in [0.25, 0.3) is 0 Å². The number of hydrogen-bond donors (Lipinski definition) is 1. The maximum Gasteiger partial charge on any atom is 0.305 e. The molecule has 0 aliphatic rings. The Morgan fingerprint density at radius 3 is 2.48 bits per heavy atom. The molecule has 0 aliphatic carbocycles. The molecular weight excluding hydrogens is 292 g/mol. The maximum atomic E-state index is 12.0. The highest BCUT2D eigenvalue weighted by Gasteiger charge is 2.16. The van der Waals surface area contributed by atoms with E-state index in [1.165, 1.54) is 7.11 Å². The van der Waals surface area contributed by atoms with Crippen LogP contribution < -0.4 is 0 Å². The predicted octanol–water partition coefficient (Wildman–Crippen LogP) is 1.94. The minimum atomic E-state index is -3.34. The second kappa shape index (κ2) is 8.79. The molecule has 1 atom stereocenters. The molecule has 1 rings (SSSR count). The number of esters is 1. The molecular formula is C15H22O5S. The lowest BCUT2D eigenvalue weighted by Gasteiger charge is -2.10. The van der Waals surface area contributed by atoms with Crippen molar-refractivity contribution in [1.82, 2.24) is 0 Å². The first-order chi connectivity index (χ1) is 9.95. The Balaban J connectivity index is 2.30. The summed E-state index contributed by atoms with van der Waals surface area (Å²) in [5.74, 6) is -0.342. The van der Waals surface area contributed by atoms with Crippen molar-refractivity contribution in [2.24, 2.45) is 0 Å². The van der Waals surface area contributed by atoms with Crippen LogP contribution in [0.4, 0.5) is 0 Å². The van der Waals surface area contributed by atoms with Crippen molar-refractivity contribution < 1.29 is 23.1 Å². The Morgan fingerprint density at radius 2 is 1.86 bits per heavy atom. The number of hydrogen-bond acceptors (Lipinski definition) is 5. The number of aliphatic hydroxyl groups excluding tert-OH is 1. The fraction of sp³-hybridized carbons (Fsp3) is 0.533. The summed E-state index contributed by atoms with van der Waals surface area (Å²) in [5.41, 5.74) is 0. The third-order valence-corrected chi connectivity index (χ3v) is 4.98. The standard InChI is InChI=1S/C15H22O5S/c1-20-15(17)10-6-5-7-13(16)11-12-21(18,19)14-8-3-2-4-9-14/h2-4,8-9,13,16H,5-7,10-12H2,1H3. The summed E-state index contributed by atoms with van der Waals surface area (Å²) in [7, 11) is -2.00. The van der Waals surface area contributed by atoms with Gasteiger partial charge in [-0.3, -0.25) is 4.79 Å². The van der Waals surface area contributed by atoms with Crippen LogP contribution in [0.5, 0.6) is 0 Å². The molecule has 0 amide bonds. The average molecular weight is 314 g/mol. The Bertz CT molecular complexity index is 524. The monoisotopic (exact) mass is 314 g/mol. The summed E-state index contributed by atoms with van der Waals surface area (Å²) < 4.78 is 28.6. The molecule has 1 aromatic rings. The first-order valence-corrected chi connectivity index (χ1v) is 8.63. The van der Waals surface area contributed by atoms with Gasteiger partial charge in [-0.25, -0.2) is 8.42 Å². The van der Waals surface area contributed by atoms with E-state index in [1.54, 1.807) is 30.3 Å². The normalized spacial score (nSPS) is 12.9. The summed E-state index contributed by atoms with van der Waals surface area (Å²) in [6.07, 6.45) is 1.65. The average Bonchev–Trinajstić information content (AvgIpc) is 2.50. The number of ether oxygens (including phenoxy) is 1. The minimum Gasteiger partial charge on any atom is -0.469 e. The van der Waals surface area contributed by atoms with Gasteiger partial charge in [0, 0.05) is 6.42 Å². The second-order valence-corrected chi connectivity index (χ2v) is 7.01. The number of unbranched alkanes of at least 4 members (excludes halogenated alkanes) is 1. The number of methoxy groups -OCH3 is 1. The Morgan fingerprint density at radius 1 is 1.19 bits per heavy atom. The lowest BCUT2D eigenvalue weighted by atomic mass is 10.1. The van der Waals surface area contributed by atoms with E-state index in [0.29, 0.717) is 25.7 Å². The Kier molecular flexibility index (Phi) is 7.39. The van der Waals surface area contributed by atoms with E-state index in [0.717, 1.165) is 0 Å². The SMILES string of the molecule is COC(=O)CCCCC(O)CCS(=O)(=O)c1ccccc1. The van der Waals surface area contributed by atoms with E-state index in [2.05, 4.69) is 4.74 Å². The van der Waals surface area contributed by atoms with Crippen molar-refractivity contribution in [1.29, 1.82) is 0 Å². The van der Waals surface area contributed by atoms with Gasteiger partial charge in [-0.15, -0.1) is 0 Å². The zero-order valence-electron chi connectivity index (χ0n) is 12.2. The van der Waals surface area contributed by atoms with Crippen LogP contribution in [0.1, 0.15) is 32.1 Å². The zero-order valence-corrected chi connectivity index (χ0v) is 13.0. The molecule has 0 radical (unpaired) electrons. The van der Waals surface area contributed by atoms with Gasteiger partial charge in [0.15, 0.2) is 9.84 Å². The first-order valence-electron chi connectivity index (χ1n) is 6.98. The molecule has 1 unspecified atom stereocenters. The van der Waals surface area contributed by atoms with Crippen LogP contribution in [-0.2, 0) is 19.4 Å². The van der Waals surface area contributed by atoms with Gasteiger partial charge in [0.1, 0.15) is 0 Å². The van der Waals surface area contributed by atoms with Crippen LogP contribution in [-0.4, -0.2) is 38.5 Å². The number of rotatable bonds is 9. The molecule has 0 saturated carbocycles. The number of carbonyl (C=O) groups excluding carboxylic acids is 1. The summed E-state index contributed by atoms with van der Waals surface area (Å²) in [4.78, 5) is 11.2. The Labute approximate surface area is 125 Å². The van der Waals surface area contributed by atoms with Crippen molar-refractivity contribution in [2.75, 3.05) is 12.9 Å². The van der Waals surface area contributed by atoms with Crippen molar-refractivity contribution in [3.63, 3.8) is 0 Å². The van der Waals surface area contributed by atoms with Crippen molar-refractivity contribution in [3.05, 3.63) is 30.3 Å². The molecule has 0 spiro atoms. The number of benzene rings is 1. The van der Waals surface area contributed by atoms with Gasteiger partial charge in [0.2, 0.25) is 0 Å². The van der Waals surface area contributed by atoms with Crippen LogP contribution in [0, 0.1) is 0 Å². The Hall–Kier alpha value is -1.40. The molecule has 6 heteroatoms. The molecule has 5 nitrogen and oxygen atoms in total. The second-order valence-electron chi connectivity index (χ2n) is 4.90. The van der Waals surface area contributed by atoms with Crippen molar-refractivity contribution in [2.45, 2.75) is 43.1 Å². The van der Waals surface area contributed by atoms with E-state index in [1.807, 2.05) is 0 Å². The van der Waals surface area contributed by atoms with Gasteiger partial charge in [0.05, 0.1) is 23.9 Å². The van der Waals surface area contributed by atoms with Crippen molar-refractivity contribution in [3.8, 4) is 0 Å². The number of aliphatic hydroxyl groups is 1. The van der Waals surface area contributed by atoms with Crippen LogP contribution in [0.3, 0.4) is 0 Å². The topological polar surface area (TPSA) is 80.7 Å². The smallest absolute Gasteiger partial charge is 0.305 e. The lowest BCUT2D eigenvalue weighted by Crippen LogP contribution is -2.15. The quantitative estimate of drug-likeness (QED) is 0.556. The summed E-state index contributed by atoms with van der Waals surface area (Å²) in [5, 5.41) is 9.80. The van der Waals surface area contributed by atoms with E-state index in [9.17, 15) is 18.3 Å². The molecule has 0 fully saturated rings. The fourth-order valence-corrected chi connectivity index (χ4v) is 3.32.